The third-order valence-electron chi connectivity index (χ3n) is 2.55. The van der Waals surface area contributed by atoms with Gasteiger partial charge < -0.3 is 4.74 Å². The van der Waals surface area contributed by atoms with Crippen LogP contribution in [0.2, 0.25) is 0 Å². The van der Waals surface area contributed by atoms with Gasteiger partial charge in [-0.2, -0.15) is 10.1 Å². The summed E-state index contributed by atoms with van der Waals surface area (Å²) < 4.78 is 18.0. The predicted octanol–water partition coefficient (Wildman–Crippen LogP) is 3.14. The van der Waals surface area contributed by atoms with Gasteiger partial charge in [-0.1, -0.05) is 26.7 Å². The van der Waals surface area contributed by atoms with Crippen molar-refractivity contribution in [3.8, 4) is 6.01 Å². The maximum Gasteiger partial charge on any atom is 0.318 e. The van der Waals surface area contributed by atoms with Crippen molar-refractivity contribution in [2.45, 2.75) is 26.7 Å². The molecule has 0 radical (unpaired) electrons. The van der Waals surface area contributed by atoms with E-state index in [1.165, 1.54) is 7.11 Å². The summed E-state index contributed by atoms with van der Waals surface area (Å²) in [4.78, 5) is 7.39. The fraction of sp³-hybridized carbons (Fsp3) is 0.636. The van der Waals surface area contributed by atoms with Crippen molar-refractivity contribution in [3.63, 3.8) is 0 Å². The molecule has 0 saturated carbocycles. The molecule has 0 unspecified atom stereocenters. The Morgan fingerprint density at radius 3 is 2.71 bits per heavy atom. The number of nitrogens with zero attached hydrogens (tertiary/aromatic N) is 4. The highest BCUT2D eigenvalue weighted by molar-refractivity contribution is 5.27. The van der Waals surface area contributed by atoms with E-state index in [2.05, 4.69) is 34.0 Å². The maximum atomic E-state index is 13.3. The Balaban J connectivity index is 2.69. The first-order chi connectivity index (χ1) is 8.21. The second-order valence-corrected chi connectivity index (χ2v) is 3.63. The first-order valence-electron chi connectivity index (χ1n) is 5.65. The van der Waals surface area contributed by atoms with Crippen LogP contribution in [0.3, 0.4) is 0 Å². The molecule has 1 aromatic rings. The Morgan fingerprint density at radius 2 is 2.12 bits per heavy atom. The van der Waals surface area contributed by atoms with Gasteiger partial charge in [0.2, 0.25) is 5.82 Å². The fourth-order valence-electron chi connectivity index (χ4n) is 1.28. The maximum absolute atomic E-state index is 13.3. The van der Waals surface area contributed by atoms with E-state index in [4.69, 9.17) is 4.74 Å². The Hall–Kier alpha value is -1.59. The lowest BCUT2D eigenvalue weighted by Crippen LogP contribution is -2.00. The van der Waals surface area contributed by atoms with Gasteiger partial charge in [-0.05, 0) is 5.92 Å². The van der Waals surface area contributed by atoms with Crippen LogP contribution in [0.4, 0.5) is 10.2 Å². The molecule has 1 rings (SSSR count). The van der Waals surface area contributed by atoms with Crippen LogP contribution in [0.5, 0.6) is 6.01 Å². The Bertz CT molecular complexity index is 380. The van der Waals surface area contributed by atoms with Crippen LogP contribution in [-0.2, 0) is 0 Å². The number of aromatic nitrogens is 2. The van der Waals surface area contributed by atoms with Crippen molar-refractivity contribution in [2.75, 3.05) is 13.7 Å². The number of rotatable bonds is 6. The molecule has 0 aliphatic heterocycles. The standard InChI is InChI=1S/C11H17FN4O/c1-4-8(5-2)6-14-16-10-9(12)7-13-11(15-10)17-3/h7-8H,4-6H2,1-3H3. The first-order valence-corrected chi connectivity index (χ1v) is 5.65. The van der Waals surface area contributed by atoms with Crippen LogP contribution in [0.15, 0.2) is 16.4 Å². The first kappa shape index (κ1) is 13.5. The summed E-state index contributed by atoms with van der Waals surface area (Å²) in [6.45, 7) is 4.77. The lowest BCUT2D eigenvalue weighted by Gasteiger charge is -2.06. The lowest BCUT2D eigenvalue weighted by molar-refractivity contribution is 0.377. The highest BCUT2D eigenvalue weighted by atomic mass is 19.1. The van der Waals surface area contributed by atoms with Crippen molar-refractivity contribution in [1.82, 2.24) is 9.97 Å². The van der Waals surface area contributed by atoms with Crippen molar-refractivity contribution in [3.05, 3.63) is 12.0 Å². The summed E-state index contributed by atoms with van der Waals surface area (Å²) in [5.74, 6) is -0.201. The minimum Gasteiger partial charge on any atom is -0.467 e. The molecule has 0 bridgehead atoms. The monoisotopic (exact) mass is 240 g/mol. The van der Waals surface area contributed by atoms with Crippen LogP contribution in [-0.4, -0.2) is 23.6 Å². The zero-order chi connectivity index (χ0) is 12.7. The van der Waals surface area contributed by atoms with Crippen molar-refractivity contribution in [1.29, 1.82) is 0 Å². The molecule has 17 heavy (non-hydrogen) atoms. The molecule has 1 aromatic heterocycles. The number of ether oxygens (including phenoxy) is 1. The van der Waals surface area contributed by atoms with Crippen molar-refractivity contribution < 1.29 is 9.13 Å². The molecule has 0 aliphatic rings. The molecule has 0 N–H and O–H groups in total. The number of hydrogen-bond acceptors (Lipinski definition) is 5. The number of azo groups is 1. The average molecular weight is 240 g/mol. The van der Waals surface area contributed by atoms with Gasteiger partial charge in [0.25, 0.3) is 0 Å². The van der Waals surface area contributed by atoms with Crippen molar-refractivity contribution in [2.24, 2.45) is 16.1 Å². The van der Waals surface area contributed by atoms with Gasteiger partial charge in [-0.25, -0.2) is 9.37 Å². The number of hydrogen-bond donors (Lipinski definition) is 0. The summed E-state index contributed by atoms with van der Waals surface area (Å²) in [6.07, 6.45) is 3.09. The summed E-state index contributed by atoms with van der Waals surface area (Å²) >= 11 is 0. The van der Waals surface area contributed by atoms with Gasteiger partial charge in [0.1, 0.15) is 0 Å². The Labute approximate surface area is 100 Å². The van der Waals surface area contributed by atoms with E-state index in [9.17, 15) is 4.39 Å². The van der Waals surface area contributed by atoms with Crippen LogP contribution in [0.1, 0.15) is 26.7 Å². The fourth-order valence-corrected chi connectivity index (χ4v) is 1.28. The van der Waals surface area contributed by atoms with E-state index < -0.39 is 5.82 Å². The third-order valence-corrected chi connectivity index (χ3v) is 2.55. The third kappa shape index (κ3) is 4.05. The minimum atomic E-state index is -0.598. The average Bonchev–Trinajstić information content (AvgIpc) is 2.36. The molecule has 0 aliphatic carbocycles. The highest BCUT2D eigenvalue weighted by Crippen LogP contribution is 2.17. The van der Waals surface area contributed by atoms with E-state index in [0.29, 0.717) is 12.5 Å². The summed E-state index contributed by atoms with van der Waals surface area (Å²) in [5, 5.41) is 7.73. The van der Waals surface area contributed by atoms with E-state index in [1.807, 2.05) is 0 Å². The SMILES string of the molecule is CCC(CC)CN=Nc1nc(OC)ncc1F. The second kappa shape index (κ2) is 6.88. The minimum absolute atomic E-state index is 0.0807. The topological polar surface area (TPSA) is 59.7 Å². The van der Waals surface area contributed by atoms with Gasteiger partial charge in [0, 0.05) is 0 Å². The summed E-state index contributed by atoms with van der Waals surface area (Å²) in [7, 11) is 1.42. The van der Waals surface area contributed by atoms with E-state index in [1.54, 1.807) is 0 Å². The van der Waals surface area contributed by atoms with Crippen LogP contribution in [0.25, 0.3) is 0 Å². The molecule has 0 fully saturated rings. The van der Waals surface area contributed by atoms with Gasteiger partial charge in [-0.15, -0.1) is 5.11 Å². The molecule has 0 atom stereocenters. The van der Waals surface area contributed by atoms with E-state index >= 15 is 0 Å². The van der Waals surface area contributed by atoms with Gasteiger partial charge in [0.15, 0.2) is 5.82 Å². The zero-order valence-electron chi connectivity index (χ0n) is 10.4. The Morgan fingerprint density at radius 1 is 1.41 bits per heavy atom. The smallest absolute Gasteiger partial charge is 0.318 e. The van der Waals surface area contributed by atoms with Crippen LogP contribution >= 0.6 is 0 Å². The molecular formula is C11H17FN4O. The molecule has 0 amide bonds. The summed E-state index contributed by atoms with van der Waals surface area (Å²) in [6, 6.07) is 0.0860. The van der Waals surface area contributed by atoms with Gasteiger partial charge >= 0.3 is 6.01 Å². The van der Waals surface area contributed by atoms with Crippen LogP contribution in [0, 0.1) is 11.7 Å². The van der Waals surface area contributed by atoms with E-state index in [0.717, 1.165) is 19.0 Å². The number of methoxy groups -OCH3 is 1. The molecule has 6 heteroatoms. The lowest BCUT2D eigenvalue weighted by atomic mass is 10.0. The molecule has 0 spiro atoms. The molecule has 1 heterocycles. The normalized spacial score (nSPS) is 11.4. The molecule has 5 nitrogen and oxygen atoms in total. The van der Waals surface area contributed by atoms with Crippen molar-refractivity contribution >= 4 is 5.82 Å². The highest BCUT2D eigenvalue weighted by Gasteiger charge is 2.06. The largest absolute Gasteiger partial charge is 0.467 e. The molecule has 0 aromatic carbocycles. The Kier molecular flexibility index (Phi) is 5.45. The number of halogens is 1. The van der Waals surface area contributed by atoms with Gasteiger partial charge in [0.05, 0.1) is 19.9 Å². The van der Waals surface area contributed by atoms with Crippen LogP contribution < -0.4 is 4.74 Å². The predicted molar refractivity (Wildman–Crippen MR) is 62.0 cm³/mol. The summed E-state index contributed by atoms with van der Waals surface area (Å²) in [5.41, 5.74) is 0. The van der Waals surface area contributed by atoms with Gasteiger partial charge in [-0.3, -0.25) is 0 Å². The van der Waals surface area contributed by atoms with E-state index in [-0.39, 0.29) is 11.8 Å². The molecular weight excluding hydrogens is 223 g/mol. The molecule has 0 saturated heterocycles. The molecule has 94 valence electrons. The zero-order valence-corrected chi connectivity index (χ0v) is 10.4. The second-order valence-electron chi connectivity index (χ2n) is 3.63. The quantitative estimate of drug-likeness (QED) is 0.717.